The number of hydrogen-bond donors (Lipinski definition) is 2. The Kier molecular flexibility index (Phi) is 4.83. The monoisotopic (exact) mass is 410 g/mol. The maximum atomic E-state index is 13.1. The van der Waals surface area contributed by atoms with Gasteiger partial charge in [-0.25, -0.2) is 13.2 Å². The van der Waals surface area contributed by atoms with Crippen LogP contribution in [0.2, 0.25) is 5.02 Å². The van der Waals surface area contributed by atoms with Crippen molar-refractivity contribution in [1.29, 1.82) is 0 Å². The highest BCUT2D eigenvalue weighted by Gasteiger charge is 2.32. The summed E-state index contributed by atoms with van der Waals surface area (Å²) >= 11 is 5.74. The maximum Gasteiger partial charge on any atom is 0.337 e. The number of aromatic carboxylic acids is 1. The Morgan fingerprint density at radius 3 is 2.52 bits per heavy atom. The SMILES string of the molecule is Nc1c2c(cc(C(=O)O)c1S(=O)(=O)c1ccc(Cl)c([N+](=O)[O-])c1)CCCC2. The Hall–Kier alpha value is -2.65. The number of rotatable bonds is 4. The summed E-state index contributed by atoms with van der Waals surface area (Å²) in [5, 5.41) is 20.4. The summed E-state index contributed by atoms with van der Waals surface area (Å²) in [7, 11) is -4.42. The summed E-state index contributed by atoms with van der Waals surface area (Å²) in [4.78, 5) is 21.0. The Morgan fingerprint density at radius 2 is 1.89 bits per heavy atom. The fourth-order valence-electron chi connectivity index (χ4n) is 3.28. The fraction of sp³-hybridized carbons (Fsp3) is 0.235. The number of nitro benzene ring substituents is 1. The van der Waals surface area contributed by atoms with E-state index >= 15 is 0 Å². The van der Waals surface area contributed by atoms with E-state index in [4.69, 9.17) is 17.3 Å². The first kappa shape index (κ1) is 19.1. The molecule has 0 spiro atoms. The van der Waals surface area contributed by atoms with Gasteiger partial charge in [0.25, 0.3) is 5.69 Å². The topological polar surface area (TPSA) is 141 Å². The molecule has 0 aromatic heterocycles. The van der Waals surface area contributed by atoms with Crippen molar-refractivity contribution in [2.24, 2.45) is 0 Å². The van der Waals surface area contributed by atoms with Crippen molar-refractivity contribution in [3.05, 3.63) is 56.1 Å². The lowest BCUT2D eigenvalue weighted by molar-refractivity contribution is -0.384. The van der Waals surface area contributed by atoms with Crippen LogP contribution in [0.4, 0.5) is 11.4 Å². The molecule has 2 aromatic carbocycles. The van der Waals surface area contributed by atoms with Crippen LogP contribution >= 0.6 is 11.6 Å². The molecule has 0 bridgehead atoms. The molecule has 0 unspecified atom stereocenters. The first-order valence-electron chi connectivity index (χ1n) is 8.01. The second-order valence-corrected chi connectivity index (χ2v) is 8.48. The second-order valence-electron chi connectivity index (χ2n) is 6.19. The number of benzene rings is 2. The molecule has 10 heteroatoms. The third-order valence-electron chi connectivity index (χ3n) is 4.57. The van der Waals surface area contributed by atoms with Gasteiger partial charge in [0.15, 0.2) is 0 Å². The van der Waals surface area contributed by atoms with Gasteiger partial charge in [-0.3, -0.25) is 10.1 Å². The van der Waals surface area contributed by atoms with Gasteiger partial charge in [-0.1, -0.05) is 11.6 Å². The molecule has 142 valence electrons. The summed E-state index contributed by atoms with van der Waals surface area (Å²) in [6.45, 7) is 0. The molecule has 0 atom stereocenters. The zero-order chi connectivity index (χ0) is 19.9. The smallest absolute Gasteiger partial charge is 0.337 e. The average Bonchev–Trinajstić information content (AvgIpc) is 2.61. The average molecular weight is 411 g/mol. The lowest BCUT2D eigenvalue weighted by atomic mass is 9.89. The number of nitrogen functional groups attached to an aromatic ring is 1. The van der Waals surface area contributed by atoms with Gasteiger partial charge < -0.3 is 10.8 Å². The molecule has 1 aliphatic rings. The Balaban J connectivity index is 2.31. The minimum atomic E-state index is -4.42. The van der Waals surface area contributed by atoms with E-state index in [1.54, 1.807) is 0 Å². The van der Waals surface area contributed by atoms with Crippen LogP contribution in [0.25, 0.3) is 0 Å². The Morgan fingerprint density at radius 1 is 1.22 bits per heavy atom. The van der Waals surface area contributed by atoms with Crippen molar-refractivity contribution in [2.45, 2.75) is 35.5 Å². The minimum Gasteiger partial charge on any atom is -0.478 e. The van der Waals surface area contributed by atoms with Crippen LogP contribution in [0.5, 0.6) is 0 Å². The maximum absolute atomic E-state index is 13.1. The van der Waals surface area contributed by atoms with Crippen LogP contribution in [-0.2, 0) is 22.7 Å². The number of hydrogen-bond acceptors (Lipinski definition) is 6. The second kappa shape index (κ2) is 6.82. The van der Waals surface area contributed by atoms with Crippen LogP contribution in [0.1, 0.15) is 34.3 Å². The van der Waals surface area contributed by atoms with Gasteiger partial charge in [-0.15, -0.1) is 0 Å². The van der Waals surface area contributed by atoms with Gasteiger partial charge in [0.1, 0.15) is 9.92 Å². The van der Waals surface area contributed by atoms with E-state index in [1.807, 2.05) is 0 Å². The molecule has 0 radical (unpaired) electrons. The van der Waals surface area contributed by atoms with E-state index in [0.717, 1.165) is 36.6 Å². The van der Waals surface area contributed by atoms with Crippen LogP contribution < -0.4 is 5.73 Å². The number of nitrogens with two attached hydrogens (primary N) is 1. The van der Waals surface area contributed by atoms with Crippen LogP contribution in [0, 0.1) is 10.1 Å². The van der Waals surface area contributed by atoms with Crippen molar-refractivity contribution >= 4 is 38.8 Å². The Labute approximate surface area is 159 Å². The summed E-state index contributed by atoms with van der Waals surface area (Å²) < 4.78 is 26.3. The molecule has 0 saturated heterocycles. The highest BCUT2D eigenvalue weighted by molar-refractivity contribution is 7.91. The number of carboxylic acid groups (broad SMARTS) is 1. The van der Waals surface area contributed by atoms with E-state index < -0.39 is 41.8 Å². The van der Waals surface area contributed by atoms with E-state index in [-0.39, 0.29) is 10.7 Å². The molecule has 0 aliphatic heterocycles. The van der Waals surface area contributed by atoms with Gasteiger partial charge in [-0.05, 0) is 55.0 Å². The van der Waals surface area contributed by atoms with Gasteiger partial charge >= 0.3 is 5.97 Å². The van der Waals surface area contributed by atoms with Crippen molar-refractivity contribution in [1.82, 2.24) is 0 Å². The normalized spacial score (nSPS) is 13.8. The summed E-state index contributed by atoms with van der Waals surface area (Å²) in [5.74, 6) is -1.43. The molecule has 2 aromatic rings. The van der Waals surface area contributed by atoms with Gasteiger partial charge in [0, 0.05) is 6.07 Å². The number of carbonyl (C=O) groups is 1. The summed E-state index contributed by atoms with van der Waals surface area (Å²) in [6.07, 6.45) is 2.84. The molecule has 0 saturated carbocycles. The third-order valence-corrected chi connectivity index (χ3v) is 6.74. The third kappa shape index (κ3) is 3.24. The van der Waals surface area contributed by atoms with Gasteiger partial charge in [0.2, 0.25) is 9.84 Å². The van der Waals surface area contributed by atoms with Gasteiger partial charge in [0.05, 0.1) is 21.1 Å². The highest BCUT2D eigenvalue weighted by atomic mass is 35.5. The number of nitro groups is 1. The predicted molar refractivity (Wildman–Crippen MR) is 98.0 cm³/mol. The predicted octanol–water partition coefficient (Wildman–Crippen LogP) is 3.24. The van der Waals surface area contributed by atoms with Crippen molar-refractivity contribution in [2.75, 3.05) is 5.73 Å². The molecule has 8 nitrogen and oxygen atoms in total. The molecule has 0 heterocycles. The van der Waals surface area contributed by atoms with E-state index in [1.165, 1.54) is 6.07 Å². The first-order chi connectivity index (χ1) is 12.6. The van der Waals surface area contributed by atoms with Crippen molar-refractivity contribution < 1.29 is 23.2 Å². The quantitative estimate of drug-likeness (QED) is 0.447. The highest BCUT2D eigenvalue weighted by Crippen LogP contribution is 2.38. The van der Waals surface area contributed by atoms with E-state index in [0.29, 0.717) is 18.4 Å². The number of aryl methyl sites for hydroxylation is 1. The minimum absolute atomic E-state index is 0.109. The number of halogens is 1. The molecule has 0 fully saturated rings. The number of sulfone groups is 1. The molecular formula is C17H15ClN2O6S. The molecule has 3 rings (SSSR count). The number of fused-ring (bicyclic) bond motifs is 1. The number of carboxylic acids is 1. The zero-order valence-corrected chi connectivity index (χ0v) is 15.5. The Bertz CT molecular complexity index is 1080. The van der Waals surface area contributed by atoms with Crippen LogP contribution in [-0.4, -0.2) is 24.4 Å². The summed E-state index contributed by atoms with van der Waals surface area (Å²) in [5.41, 5.74) is 6.29. The van der Waals surface area contributed by atoms with Crippen molar-refractivity contribution in [3.8, 4) is 0 Å². The largest absolute Gasteiger partial charge is 0.478 e. The van der Waals surface area contributed by atoms with Gasteiger partial charge in [-0.2, -0.15) is 0 Å². The summed E-state index contributed by atoms with van der Waals surface area (Å²) in [6, 6.07) is 4.32. The first-order valence-corrected chi connectivity index (χ1v) is 9.87. The van der Waals surface area contributed by atoms with Crippen molar-refractivity contribution in [3.63, 3.8) is 0 Å². The number of anilines is 1. The number of nitrogens with zero attached hydrogens (tertiary/aromatic N) is 1. The molecule has 3 N–H and O–H groups in total. The zero-order valence-electron chi connectivity index (χ0n) is 13.9. The van der Waals surface area contributed by atoms with Crippen LogP contribution in [0.3, 0.4) is 0 Å². The van der Waals surface area contributed by atoms with Crippen LogP contribution in [0.15, 0.2) is 34.1 Å². The molecule has 27 heavy (non-hydrogen) atoms. The standard InChI is InChI=1S/C17H15ClN2O6S/c18-13-6-5-10(8-14(13)20(23)24)27(25,26)16-12(17(21)22)7-9-3-1-2-4-11(9)15(16)19/h5-8H,1-4,19H2,(H,21,22). The van der Waals surface area contributed by atoms with E-state index in [9.17, 15) is 28.4 Å². The lowest BCUT2D eigenvalue weighted by Gasteiger charge is -2.22. The molecule has 0 amide bonds. The lowest BCUT2D eigenvalue weighted by Crippen LogP contribution is -2.17. The fourth-order valence-corrected chi connectivity index (χ4v) is 5.07. The molecule has 1 aliphatic carbocycles. The van der Waals surface area contributed by atoms with E-state index in [2.05, 4.69) is 0 Å². The molecular weight excluding hydrogens is 396 g/mol.